The lowest BCUT2D eigenvalue weighted by Gasteiger charge is -2.20. The molecule has 0 aliphatic carbocycles. The topological polar surface area (TPSA) is 0 Å². The van der Waals surface area contributed by atoms with Gasteiger partial charge in [-0.05, 0) is 48.6 Å². The second-order valence-corrected chi connectivity index (χ2v) is 6.08. The molecule has 2 aromatic rings. The van der Waals surface area contributed by atoms with Crippen molar-refractivity contribution in [3.63, 3.8) is 0 Å². The molecule has 0 radical (unpaired) electrons. The SMILES string of the molecule is FCCCCCc1ccc(-c2ccc(C(F)(F)C(F)(F)F)c(F)c2)c(F)c1. The van der Waals surface area contributed by atoms with Gasteiger partial charge in [-0.25, -0.2) is 8.78 Å². The zero-order chi connectivity index (χ0) is 20.2. The van der Waals surface area contributed by atoms with Gasteiger partial charge in [-0.3, -0.25) is 4.39 Å². The summed E-state index contributed by atoms with van der Waals surface area (Å²) in [5.41, 5.74) is -1.47. The Hall–Kier alpha value is -2.12. The molecule has 0 fully saturated rings. The van der Waals surface area contributed by atoms with E-state index in [1.807, 2.05) is 0 Å². The van der Waals surface area contributed by atoms with Gasteiger partial charge in [-0.2, -0.15) is 22.0 Å². The smallest absolute Gasteiger partial charge is 0.251 e. The van der Waals surface area contributed by atoms with Gasteiger partial charge in [0.15, 0.2) is 0 Å². The minimum Gasteiger partial charge on any atom is -0.251 e. The van der Waals surface area contributed by atoms with E-state index >= 15 is 0 Å². The number of aryl methyl sites for hydroxylation is 1. The normalized spacial score (nSPS) is 12.4. The molecule has 0 saturated heterocycles. The maximum absolute atomic E-state index is 14.3. The summed E-state index contributed by atoms with van der Waals surface area (Å²) in [7, 11) is 0. The largest absolute Gasteiger partial charge is 0.458 e. The van der Waals surface area contributed by atoms with E-state index in [4.69, 9.17) is 0 Å². The predicted octanol–water partition coefficient (Wildman–Crippen LogP) is 6.97. The van der Waals surface area contributed by atoms with Crippen LogP contribution in [0.5, 0.6) is 0 Å². The number of benzene rings is 2. The van der Waals surface area contributed by atoms with Gasteiger partial charge < -0.3 is 0 Å². The van der Waals surface area contributed by atoms with E-state index in [0.717, 1.165) is 6.07 Å². The molecule has 0 bridgehead atoms. The molecule has 2 rings (SSSR count). The minimum atomic E-state index is -5.94. The summed E-state index contributed by atoms with van der Waals surface area (Å²) in [6.07, 6.45) is -3.74. The lowest BCUT2D eigenvalue weighted by Crippen LogP contribution is -2.34. The Morgan fingerprint density at radius 2 is 1.44 bits per heavy atom. The Morgan fingerprint density at radius 1 is 0.741 bits per heavy atom. The molecular weight excluding hydrogens is 380 g/mol. The van der Waals surface area contributed by atoms with Crippen molar-refractivity contribution in [2.24, 2.45) is 0 Å². The van der Waals surface area contributed by atoms with Crippen molar-refractivity contribution >= 4 is 0 Å². The fourth-order valence-electron chi connectivity index (χ4n) is 2.64. The van der Waals surface area contributed by atoms with Gasteiger partial charge in [0, 0.05) is 5.56 Å². The number of rotatable bonds is 7. The third kappa shape index (κ3) is 4.78. The number of hydrogen-bond donors (Lipinski definition) is 0. The van der Waals surface area contributed by atoms with Crippen molar-refractivity contribution in [3.05, 3.63) is 59.2 Å². The van der Waals surface area contributed by atoms with Gasteiger partial charge in [0.2, 0.25) is 0 Å². The summed E-state index contributed by atoms with van der Waals surface area (Å²) in [5.74, 6) is -7.88. The highest BCUT2D eigenvalue weighted by Crippen LogP contribution is 2.45. The van der Waals surface area contributed by atoms with E-state index in [9.17, 15) is 35.1 Å². The molecule has 0 spiro atoms. The Labute approximate surface area is 150 Å². The molecule has 0 saturated carbocycles. The van der Waals surface area contributed by atoms with Crippen molar-refractivity contribution in [2.45, 2.75) is 37.8 Å². The molecule has 0 aromatic heterocycles. The maximum atomic E-state index is 14.3. The summed E-state index contributed by atoms with van der Waals surface area (Å²) in [6.45, 7) is -0.428. The maximum Gasteiger partial charge on any atom is 0.458 e. The third-order valence-electron chi connectivity index (χ3n) is 4.11. The second-order valence-electron chi connectivity index (χ2n) is 6.08. The Bertz CT molecular complexity index is 780. The molecular formula is C19H16F8. The first-order valence-electron chi connectivity index (χ1n) is 8.17. The van der Waals surface area contributed by atoms with Gasteiger partial charge in [-0.15, -0.1) is 0 Å². The van der Waals surface area contributed by atoms with E-state index in [2.05, 4.69) is 0 Å². The molecule has 27 heavy (non-hydrogen) atoms. The van der Waals surface area contributed by atoms with Crippen molar-refractivity contribution in [1.82, 2.24) is 0 Å². The van der Waals surface area contributed by atoms with Crippen molar-refractivity contribution < 1.29 is 35.1 Å². The van der Waals surface area contributed by atoms with Gasteiger partial charge in [0.1, 0.15) is 11.6 Å². The van der Waals surface area contributed by atoms with Gasteiger partial charge in [-0.1, -0.05) is 24.6 Å². The number of unbranched alkanes of at least 4 members (excludes halogenated alkanes) is 2. The molecule has 0 aliphatic rings. The summed E-state index contributed by atoms with van der Waals surface area (Å²) in [4.78, 5) is 0. The van der Waals surface area contributed by atoms with Crippen LogP contribution in [-0.4, -0.2) is 12.9 Å². The van der Waals surface area contributed by atoms with Crippen LogP contribution in [-0.2, 0) is 12.3 Å². The zero-order valence-corrected chi connectivity index (χ0v) is 14.0. The van der Waals surface area contributed by atoms with Crippen LogP contribution in [0.4, 0.5) is 35.1 Å². The first kappa shape index (κ1) is 21.2. The van der Waals surface area contributed by atoms with Gasteiger partial charge in [0.25, 0.3) is 0 Å². The second kappa shape index (κ2) is 8.27. The molecule has 0 aliphatic heterocycles. The van der Waals surface area contributed by atoms with Crippen LogP contribution in [0.3, 0.4) is 0 Å². The lowest BCUT2D eigenvalue weighted by atomic mass is 9.98. The highest BCUT2D eigenvalue weighted by atomic mass is 19.4. The molecule has 0 nitrogen and oxygen atoms in total. The quantitative estimate of drug-likeness (QED) is 0.350. The van der Waals surface area contributed by atoms with Gasteiger partial charge >= 0.3 is 12.1 Å². The lowest BCUT2D eigenvalue weighted by molar-refractivity contribution is -0.290. The van der Waals surface area contributed by atoms with Crippen LogP contribution in [0.1, 0.15) is 30.4 Å². The molecule has 0 atom stereocenters. The Kier molecular flexibility index (Phi) is 6.49. The fourth-order valence-corrected chi connectivity index (χ4v) is 2.64. The Morgan fingerprint density at radius 3 is 2.00 bits per heavy atom. The van der Waals surface area contributed by atoms with E-state index < -0.39 is 36.0 Å². The summed E-state index contributed by atoms with van der Waals surface area (Å²) in [6, 6.07) is 5.61. The molecule has 0 heterocycles. The zero-order valence-electron chi connectivity index (χ0n) is 14.0. The van der Waals surface area contributed by atoms with Crippen molar-refractivity contribution in [2.75, 3.05) is 6.67 Å². The summed E-state index contributed by atoms with van der Waals surface area (Å²) >= 11 is 0. The molecule has 0 unspecified atom stereocenters. The predicted molar refractivity (Wildman–Crippen MR) is 85.3 cm³/mol. The van der Waals surface area contributed by atoms with E-state index in [-0.39, 0.29) is 11.1 Å². The van der Waals surface area contributed by atoms with E-state index in [1.165, 1.54) is 12.1 Å². The van der Waals surface area contributed by atoms with Crippen molar-refractivity contribution in [1.29, 1.82) is 0 Å². The average Bonchev–Trinajstić information content (AvgIpc) is 2.57. The minimum absolute atomic E-state index is 0.122. The van der Waals surface area contributed by atoms with Crippen molar-refractivity contribution in [3.8, 4) is 11.1 Å². The molecule has 2 aromatic carbocycles. The van der Waals surface area contributed by atoms with Crippen LogP contribution in [0.25, 0.3) is 11.1 Å². The van der Waals surface area contributed by atoms with E-state index in [1.54, 1.807) is 6.07 Å². The van der Waals surface area contributed by atoms with Crippen LogP contribution in [0.15, 0.2) is 36.4 Å². The first-order chi connectivity index (χ1) is 12.6. The fraction of sp³-hybridized carbons (Fsp3) is 0.368. The highest BCUT2D eigenvalue weighted by Gasteiger charge is 2.59. The number of hydrogen-bond acceptors (Lipinski definition) is 0. The molecule has 0 N–H and O–H groups in total. The number of alkyl halides is 6. The first-order valence-corrected chi connectivity index (χ1v) is 8.17. The van der Waals surface area contributed by atoms with Crippen LogP contribution < -0.4 is 0 Å². The molecule has 0 amide bonds. The molecule has 148 valence electrons. The summed E-state index contributed by atoms with van der Waals surface area (Å²) < 4.78 is 104. The number of halogens is 8. The van der Waals surface area contributed by atoms with Crippen LogP contribution in [0.2, 0.25) is 0 Å². The Balaban J connectivity index is 2.25. The average molecular weight is 396 g/mol. The van der Waals surface area contributed by atoms with E-state index in [0.29, 0.717) is 43.4 Å². The van der Waals surface area contributed by atoms with Crippen LogP contribution in [0, 0.1) is 11.6 Å². The molecule has 8 heteroatoms. The third-order valence-corrected chi connectivity index (χ3v) is 4.11. The highest BCUT2D eigenvalue weighted by molar-refractivity contribution is 5.65. The summed E-state index contributed by atoms with van der Waals surface area (Å²) in [5, 5.41) is 0. The van der Waals surface area contributed by atoms with Gasteiger partial charge in [0.05, 0.1) is 12.2 Å². The standard InChI is InChI=1S/C19H16F8/c20-9-3-1-2-4-12-5-7-14(16(21)10-12)13-6-8-15(17(22)11-13)18(23,24)19(25,26)27/h5-8,10-11H,1-4,9H2. The monoisotopic (exact) mass is 396 g/mol. The van der Waals surface area contributed by atoms with Crippen LogP contribution >= 0.6 is 0 Å².